The number of hydrogen-bond donors (Lipinski definition) is 0. The summed E-state index contributed by atoms with van der Waals surface area (Å²) >= 11 is 0. The lowest BCUT2D eigenvalue weighted by Gasteiger charge is -2.10. The Balaban J connectivity index is 2.75. The molecule has 0 saturated heterocycles. The number of hydrogen-bond acceptors (Lipinski definition) is 0. The molecule has 1 aromatic carbocycles. The predicted octanol–water partition coefficient (Wildman–Crippen LogP) is 3.89. The maximum Gasteiger partial charge on any atom is -0.0271 e. The first-order valence-corrected chi connectivity index (χ1v) is 5.16. The lowest BCUT2D eigenvalue weighted by molar-refractivity contribution is 0.585. The maximum atomic E-state index is 2.29. The van der Waals surface area contributed by atoms with Gasteiger partial charge in [0.1, 0.15) is 0 Å². The molecule has 0 nitrogen and oxygen atoms in total. The first-order valence-electron chi connectivity index (χ1n) is 5.16. The molecule has 1 aromatic rings. The summed E-state index contributed by atoms with van der Waals surface area (Å²) in [5.41, 5.74) is 4.44. The van der Waals surface area contributed by atoms with Crippen molar-refractivity contribution in [2.24, 2.45) is 5.92 Å². The van der Waals surface area contributed by atoms with Gasteiger partial charge in [-0.05, 0) is 49.3 Å². The molecule has 0 saturated carbocycles. The van der Waals surface area contributed by atoms with E-state index < -0.39 is 0 Å². The Morgan fingerprint density at radius 1 is 1.08 bits per heavy atom. The van der Waals surface area contributed by atoms with Crippen LogP contribution in [-0.4, -0.2) is 0 Å². The molecule has 0 aliphatic rings. The average molecular weight is 176 g/mol. The van der Waals surface area contributed by atoms with Crippen LogP contribution in [0.2, 0.25) is 0 Å². The smallest absolute Gasteiger partial charge is 0.0271 e. The molecule has 0 bridgehead atoms. The van der Waals surface area contributed by atoms with E-state index in [-0.39, 0.29) is 0 Å². The highest BCUT2D eigenvalue weighted by atomic mass is 14.1. The van der Waals surface area contributed by atoms with Crippen LogP contribution < -0.4 is 0 Å². The number of aryl methyl sites for hydroxylation is 2. The fourth-order valence-corrected chi connectivity index (χ4v) is 1.68. The Morgan fingerprint density at radius 3 is 2.08 bits per heavy atom. The van der Waals surface area contributed by atoms with Crippen LogP contribution in [0.4, 0.5) is 0 Å². The van der Waals surface area contributed by atoms with E-state index in [9.17, 15) is 0 Å². The Labute approximate surface area is 82.0 Å². The first-order chi connectivity index (χ1) is 6.11. The highest BCUT2D eigenvalue weighted by molar-refractivity contribution is 5.33. The van der Waals surface area contributed by atoms with E-state index >= 15 is 0 Å². The molecule has 0 fully saturated rings. The van der Waals surface area contributed by atoms with Gasteiger partial charge in [-0.25, -0.2) is 0 Å². The first kappa shape index (κ1) is 10.3. The van der Waals surface area contributed by atoms with Gasteiger partial charge in [0, 0.05) is 0 Å². The highest BCUT2D eigenvalue weighted by Gasteiger charge is 2.02. The topological polar surface area (TPSA) is 0 Å². The van der Waals surface area contributed by atoms with Crippen molar-refractivity contribution >= 4 is 0 Å². The summed E-state index contributed by atoms with van der Waals surface area (Å²) < 4.78 is 0. The largest absolute Gasteiger partial charge is 0.0628 e. The Kier molecular flexibility index (Phi) is 3.53. The van der Waals surface area contributed by atoms with Crippen LogP contribution in [0, 0.1) is 19.8 Å². The summed E-state index contributed by atoms with van der Waals surface area (Å²) in [6.45, 7) is 8.99. The van der Waals surface area contributed by atoms with E-state index in [4.69, 9.17) is 0 Å². The van der Waals surface area contributed by atoms with Gasteiger partial charge in [-0.1, -0.05) is 32.0 Å². The lowest BCUT2D eigenvalue weighted by Crippen LogP contribution is -1.97. The van der Waals surface area contributed by atoms with Gasteiger partial charge in [-0.15, -0.1) is 0 Å². The molecule has 0 heteroatoms. The normalized spacial score (nSPS) is 10.8. The van der Waals surface area contributed by atoms with Gasteiger partial charge in [0.25, 0.3) is 0 Å². The van der Waals surface area contributed by atoms with Crippen LogP contribution in [0.25, 0.3) is 0 Å². The minimum Gasteiger partial charge on any atom is -0.0628 e. The molecule has 0 unspecified atom stereocenters. The van der Waals surface area contributed by atoms with Crippen molar-refractivity contribution in [1.29, 1.82) is 0 Å². The molecule has 0 N–H and O–H groups in total. The summed E-state index contributed by atoms with van der Waals surface area (Å²) in [5, 5.41) is 0. The molecule has 0 spiro atoms. The van der Waals surface area contributed by atoms with Crippen LogP contribution in [0.3, 0.4) is 0 Å². The van der Waals surface area contributed by atoms with Crippen LogP contribution >= 0.6 is 0 Å². The summed E-state index contributed by atoms with van der Waals surface area (Å²) in [7, 11) is 0. The minimum absolute atomic E-state index is 0.805. The summed E-state index contributed by atoms with van der Waals surface area (Å²) in [6.07, 6.45) is 2.53. The highest BCUT2D eigenvalue weighted by Crippen LogP contribution is 2.17. The van der Waals surface area contributed by atoms with Crippen LogP contribution in [0.1, 0.15) is 37.0 Å². The minimum atomic E-state index is 0.805. The molecule has 0 aliphatic carbocycles. The van der Waals surface area contributed by atoms with Crippen LogP contribution in [-0.2, 0) is 6.42 Å². The standard InChI is InChI=1S/C13H20/c1-10(2)8-9-13-11(3)6-5-7-12(13)4/h5-7,10H,8-9H2,1-4H3. The fourth-order valence-electron chi connectivity index (χ4n) is 1.68. The Morgan fingerprint density at radius 2 is 1.62 bits per heavy atom. The molecular weight excluding hydrogens is 156 g/mol. The quantitative estimate of drug-likeness (QED) is 0.655. The van der Waals surface area contributed by atoms with Crippen LogP contribution in [0.5, 0.6) is 0 Å². The van der Waals surface area contributed by atoms with Crippen LogP contribution in [0.15, 0.2) is 18.2 Å². The van der Waals surface area contributed by atoms with Gasteiger partial charge in [0.2, 0.25) is 0 Å². The monoisotopic (exact) mass is 176 g/mol. The van der Waals surface area contributed by atoms with Gasteiger partial charge < -0.3 is 0 Å². The molecular formula is C13H20. The van der Waals surface area contributed by atoms with Crippen molar-refractivity contribution < 1.29 is 0 Å². The van der Waals surface area contributed by atoms with E-state index in [0.29, 0.717) is 0 Å². The number of rotatable bonds is 3. The molecule has 0 heterocycles. The Hall–Kier alpha value is -0.780. The summed E-state index contributed by atoms with van der Waals surface area (Å²) in [6, 6.07) is 6.56. The molecule has 1 rings (SSSR count). The predicted molar refractivity (Wildman–Crippen MR) is 59.1 cm³/mol. The van der Waals surface area contributed by atoms with Gasteiger partial charge in [0.05, 0.1) is 0 Å². The molecule has 0 aromatic heterocycles. The van der Waals surface area contributed by atoms with E-state index in [1.165, 1.54) is 24.0 Å². The summed E-state index contributed by atoms with van der Waals surface area (Å²) in [5.74, 6) is 0.805. The van der Waals surface area contributed by atoms with Crippen molar-refractivity contribution in [3.05, 3.63) is 34.9 Å². The molecule has 0 atom stereocenters. The third-order valence-corrected chi connectivity index (χ3v) is 2.62. The number of benzene rings is 1. The van der Waals surface area contributed by atoms with Crippen molar-refractivity contribution in [2.75, 3.05) is 0 Å². The molecule has 0 amide bonds. The maximum absolute atomic E-state index is 2.29. The second-order valence-electron chi connectivity index (χ2n) is 4.30. The van der Waals surface area contributed by atoms with Crippen molar-refractivity contribution in [1.82, 2.24) is 0 Å². The third kappa shape index (κ3) is 2.87. The molecule has 72 valence electrons. The van der Waals surface area contributed by atoms with Crippen molar-refractivity contribution in [3.63, 3.8) is 0 Å². The zero-order valence-electron chi connectivity index (χ0n) is 9.22. The van der Waals surface area contributed by atoms with E-state index in [0.717, 1.165) is 5.92 Å². The zero-order valence-corrected chi connectivity index (χ0v) is 9.22. The summed E-state index contributed by atoms with van der Waals surface area (Å²) in [4.78, 5) is 0. The Bertz CT molecular complexity index is 251. The van der Waals surface area contributed by atoms with E-state index in [1.807, 2.05) is 0 Å². The second kappa shape index (κ2) is 4.45. The zero-order chi connectivity index (χ0) is 9.84. The lowest BCUT2D eigenvalue weighted by atomic mass is 9.95. The fraction of sp³-hybridized carbons (Fsp3) is 0.538. The average Bonchev–Trinajstić information content (AvgIpc) is 2.03. The van der Waals surface area contributed by atoms with E-state index in [2.05, 4.69) is 45.9 Å². The second-order valence-corrected chi connectivity index (χ2v) is 4.30. The van der Waals surface area contributed by atoms with Gasteiger partial charge in [-0.2, -0.15) is 0 Å². The van der Waals surface area contributed by atoms with Crippen molar-refractivity contribution in [3.8, 4) is 0 Å². The van der Waals surface area contributed by atoms with E-state index in [1.54, 1.807) is 5.56 Å². The van der Waals surface area contributed by atoms with Gasteiger partial charge in [0.15, 0.2) is 0 Å². The third-order valence-electron chi connectivity index (χ3n) is 2.62. The van der Waals surface area contributed by atoms with Gasteiger partial charge in [-0.3, -0.25) is 0 Å². The van der Waals surface area contributed by atoms with Crippen molar-refractivity contribution in [2.45, 2.75) is 40.5 Å². The molecule has 13 heavy (non-hydrogen) atoms. The molecule has 0 aliphatic heterocycles. The SMILES string of the molecule is Cc1cccc(C)c1CCC(C)C. The van der Waals surface area contributed by atoms with Gasteiger partial charge >= 0.3 is 0 Å². The molecule has 0 radical (unpaired) electrons.